The maximum Gasteiger partial charge on any atom is 0.340 e. The molecule has 88 valence electrons. The summed E-state index contributed by atoms with van der Waals surface area (Å²) < 4.78 is 9.48. The molecule has 0 aromatic heterocycles. The number of phenols is 2. The van der Waals surface area contributed by atoms with E-state index in [9.17, 15) is 15.0 Å². The van der Waals surface area contributed by atoms with Gasteiger partial charge in [-0.2, -0.15) is 0 Å². The lowest BCUT2D eigenvalue weighted by atomic mass is 10.2. The van der Waals surface area contributed by atoms with Crippen molar-refractivity contribution in [2.24, 2.45) is 0 Å². The molecular formula is C9H8Br2O5. The van der Waals surface area contributed by atoms with Crippen LogP contribution in [0.25, 0.3) is 0 Å². The Bertz CT molecular complexity index is 415. The largest absolute Gasteiger partial charge is 0.503 e. The minimum atomic E-state index is -0.702. The summed E-state index contributed by atoms with van der Waals surface area (Å²) in [6, 6.07) is 0. The number of phenolic OH excluding ortho intramolecular Hbond substituents is 2. The Labute approximate surface area is 108 Å². The lowest BCUT2D eigenvalue weighted by Gasteiger charge is -2.13. The molecule has 0 radical (unpaired) electrons. The average Bonchev–Trinajstić information content (AvgIpc) is 2.27. The topological polar surface area (TPSA) is 76.0 Å². The molecule has 0 aliphatic carbocycles. The van der Waals surface area contributed by atoms with Crippen LogP contribution in [0.15, 0.2) is 8.95 Å². The molecule has 1 rings (SSSR count). The number of carbonyl (C=O) groups excluding carboxylic acids is 1. The fourth-order valence-electron chi connectivity index (χ4n) is 1.12. The number of hydrogen-bond acceptors (Lipinski definition) is 5. The minimum absolute atomic E-state index is 0.0155. The molecule has 0 amide bonds. The van der Waals surface area contributed by atoms with Crippen molar-refractivity contribution in [3.8, 4) is 17.2 Å². The van der Waals surface area contributed by atoms with Gasteiger partial charge in [-0.3, -0.25) is 0 Å². The smallest absolute Gasteiger partial charge is 0.340 e. The van der Waals surface area contributed by atoms with Crippen molar-refractivity contribution in [1.29, 1.82) is 0 Å². The van der Waals surface area contributed by atoms with Gasteiger partial charge in [-0.15, -0.1) is 0 Å². The van der Waals surface area contributed by atoms with Crippen LogP contribution in [-0.4, -0.2) is 30.4 Å². The maximum absolute atomic E-state index is 11.4. The van der Waals surface area contributed by atoms with E-state index < -0.39 is 5.97 Å². The van der Waals surface area contributed by atoms with Crippen LogP contribution in [0.4, 0.5) is 0 Å². The van der Waals surface area contributed by atoms with E-state index in [1.54, 1.807) is 0 Å². The number of ether oxygens (including phenoxy) is 2. The lowest BCUT2D eigenvalue weighted by Crippen LogP contribution is -2.04. The molecule has 1 aromatic rings. The van der Waals surface area contributed by atoms with Gasteiger partial charge in [0.25, 0.3) is 0 Å². The number of halogens is 2. The van der Waals surface area contributed by atoms with Crippen molar-refractivity contribution in [3.05, 3.63) is 14.5 Å². The molecule has 0 saturated heterocycles. The Balaban J connectivity index is 3.60. The first-order valence-electron chi connectivity index (χ1n) is 4.00. The number of hydrogen-bond donors (Lipinski definition) is 2. The number of carbonyl (C=O) groups is 1. The third-order valence-corrected chi connectivity index (χ3v) is 3.42. The number of esters is 1. The quantitative estimate of drug-likeness (QED) is 0.797. The molecule has 0 saturated carbocycles. The number of aromatic hydroxyl groups is 2. The molecule has 0 spiro atoms. The predicted octanol–water partition coefficient (Wildman–Crippen LogP) is 2.42. The minimum Gasteiger partial charge on any atom is -0.503 e. The molecule has 2 N–H and O–H groups in total. The second-order valence-corrected chi connectivity index (χ2v) is 4.31. The fourth-order valence-corrected chi connectivity index (χ4v) is 2.47. The Morgan fingerprint density at radius 1 is 1.12 bits per heavy atom. The summed E-state index contributed by atoms with van der Waals surface area (Å²) in [7, 11) is 2.48. The lowest BCUT2D eigenvalue weighted by molar-refractivity contribution is 0.0597. The summed E-state index contributed by atoms with van der Waals surface area (Å²) in [5, 5.41) is 19.3. The molecule has 0 aliphatic heterocycles. The molecular weight excluding hydrogens is 348 g/mol. The van der Waals surface area contributed by atoms with Gasteiger partial charge < -0.3 is 19.7 Å². The average molecular weight is 356 g/mol. The van der Waals surface area contributed by atoms with Gasteiger partial charge in [0.1, 0.15) is 0 Å². The second kappa shape index (κ2) is 4.92. The monoisotopic (exact) mass is 354 g/mol. The van der Waals surface area contributed by atoms with E-state index in [1.807, 2.05) is 0 Å². The third-order valence-electron chi connectivity index (χ3n) is 1.88. The third kappa shape index (κ3) is 1.97. The highest BCUT2D eigenvalue weighted by atomic mass is 79.9. The van der Waals surface area contributed by atoms with E-state index in [0.29, 0.717) is 0 Å². The predicted molar refractivity (Wildman–Crippen MR) is 63.1 cm³/mol. The molecule has 0 bridgehead atoms. The van der Waals surface area contributed by atoms with Gasteiger partial charge in [0.2, 0.25) is 5.75 Å². The summed E-state index contributed by atoms with van der Waals surface area (Å²) in [5.74, 6) is -1.58. The molecule has 0 heterocycles. The van der Waals surface area contributed by atoms with Gasteiger partial charge in [-0.25, -0.2) is 4.79 Å². The van der Waals surface area contributed by atoms with Crippen molar-refractivity contribution in [1.82, 2.24) is 0 Å². The zero-order valence-electron chi connectivity index (χ0n) is 8.38. The van der Waals surface area contributed by atoms with E-state index in [-0.39, 0.29) is 31.8 Å². The van der Waals surface area contributed by atoms with Gasteiger partial charge >= 0.3 is 5.97 Å². The van der Waals surface area contributed by atoms with Gasteiger partial charge in [0, 0.05) is 0 Å². The Hall–Kier alpha value is -0.950. The van der Waals surface area contributed by atoms with Crippen LogP contribution in [0, 0.1) is 0 Å². The van der Waals surface area contributed by atoms with Crippen LogP contribution in [0.2, 0.25) is 0 Å². The Morgan fingerprint density at radius 3 is 1.88 bits per heavy atom. The highest BCUT2D eigenvalue weighted by molar-refractivity contribution is 9.11. The molecule has 7 heteroatoms. The van der Waals surface area contributed by atoms with Gasteiger partial charge in [0.15, 0.2) is 11.5 Å². The van der Waals surface area contributed by atoms with Crippen LogP contribution in [0.1, 0.15) is 10.4 Å². The Kier molecular flexibility index (Phi) is 4.03. The second-order valence-electron chi connectivity index (χ2n) is 2.73. The van der Waals surface area contributed by atoms with Gasteiger partial charge in [0.05, 0.1) is 28.7 Å². The highest BCUT2D eigenvalue weighted by Crippen LogP contribution is 2.48. The molecule has 0 unspecified atom stereocenters. The van der Waals surface area contributed by atoms with Crippen LogP contribution in [0.5, 0.6) is 17.2 Å². The number of benzene rings is 1. The molecule has 1 aromatic carbocycles. The molecule has 16 heavy (non-hydrogen) atoms. The number of methoxy groups -OCH3 is 2. The first-order valence-corrected chi connectivity index (χ1v) is 5.59. The van der Waals surface area contributed by atoms with Gasteiger partial charge in [-0.05, 0) is 31.9 Å². The SMILES string of the molecule is COC(=O)c1c(Br)c(O)c(OC)c(O)c1Br. The summed E-state index contributed by atoms with van der Waals surface area (Å²) in [4.78, 5) is 11.4. The zero-order valence-corrected chi connectivity index (χ0v) is 11.5. The zero-order chi connectivity index (χ0) is 12.5. The van der Waals surface area contributed by atoms with Gasteiger partial charge in [-0.1, -0.05) is 0 Å². The van der Waals surface area contributed by atoms with Crippen molar-refractivity contribution in [2.75, 3.05) is 14.2 Å². The summed E-state index contributed by atoms with van der Waals surface area (Å²) in [5.41, 5.74) is -0.0155. The summed E-state index contributed by atoms with van der Waals surface area (Å²) >= 11 is 6.05. The van der Waals surface area contributed by atoms with Crippen LogP contribution in [-0.2, 0) is 4.74 Å². The molecule has 0 aliphatic rings. The summed E-state index contributed by atoms with van der Waals surface area (Å²) in [6.45, 7) is 0. The Morgan fingerprint density at radius 2 is 1.56 bits per heavy atom. The van der Waals surface area contributed by atoms with Crippen molar-refractivity contribution in [3.63, 3.8) is 0 Å². The fraction of sp³-hybridized carbons (Fsp3) is 0.222. The first kappa shape index (κ1) is 13.1. The normalized spacial score (nSPS) is 10.0. The van der Waals surface area contributed by atoms with E-state index >= 15 is 0 Å². The van der Waals surface area contributed by atoms with Crippen molar-refractivity contribution < 1.29 is 24.5 Å². The van der Waals surface area contributed by atoms with Crippen LogP contribution < -0.4 is 4.74 Å². The molecule has 5 nitrogen and oxygen atoms in total. The standard InChI is InChI=1S/C9H8Br2O5/c1-15-8-6(12)4(10)3(9(14)16-2)5(11)7(8)13/h12-13H,1-2H3. The van der Waals surface area contributed by atoms with E-state index in [0.717, 1.165) is 0 Å². The maximum atomic E-state index is 11.4. The van der Waals surface area contributed by atoms with Crippen molar-refractivity contribution in [2.45, 2.75) is 0 Å². The van der Waals surface area contributed by atoms with E-state index in [4.69, 9.17) is 4.74 Å². The summed E-state index contributed by atoms with van der Waals surface area (Å²) in [6.07, 6.45) is 0. The van der Waals surface area contributed by atoms with E-state index in [2.05, 4.69) is 36.6 Å². The van der Waals surface area contributed by atoms with E-state index in [1.165, 1.54) is 14.2 Å². The van der Waals surface area contributed by atoms with Crippen molar-refractivity contribution >= 4 is 37.8 Å². The highest BCUT2D eigenvalue weighted by Gasteiger charge is 2.26. The first-order chi connectivity index (χ1) is 7.45. The number of rotatable bonds is 2. The van der Waals surface area contributed by atoms with Crippen LogP contribution >= 0.6 is 31.9 Å². The molecule has 0 fully saturated rings. The van der Waals surface area contributed by atoms with Crippen LogP contribution in [0.3, 0.4) is 0 Å². The molecule has 0 atom stereocenters.